The molecule has 0 radical (unpaired) electrons. The summed E-state index contributed by atoms with van der Waals surface area (Å²) in [5.41, 5.74) is 0. The van der Waals surface area contributed by atoms with Gasteiger partial charge in [0, 0.05) is 13.1 Å². The quantitative estimate of drug-likeness (QED) is 0.424. The van der Waals surface area contributed by atoms with E-state index in [2.05, 4.69) is 0 Å². The van der Waals surface area contributed by atoms with E-state index in [0.717, 1.165) is 0 Å². The predicted octanol–water partition coefficient (Wildman–Crippen LogP) is -6.47. The van der Waals surface area contributed by atoms with Crippen LogP contribution in [0.15, 0.2) is 0 Å². The van der Waals surface area contributed by atoms with Gasteiger partial charge in [-0.25, -0.2) is 0 Å². The molecule has 1 saturated heterocycles. The van der Waals surface area contributed by atoms with Crippen LogP contribution in [0, 0.1) is 0 Å². The Hall–Kier alpha value is 0.946. The number of aliphatic carboxylic acids is 1. The van der Waals surface area contributed by atoms with Gasteiger partial charge in [0.1, 0.15) is 0 Å². The number of hydrogen-bond acceptors (Lipinski definition) is 6. The maximum absolute atomic E-state index is 10.6. The van der Waals surface area contributed by atoms with Gasteiger partial charge in [0.15, 0.2) is 0 Å². The topological polar surface area (TPSA) is 104 Å². The number of β-amino-alcohol motifs (C(OH)–C–C–N with tert-alkyl or cyclic N) is 2. The first kappa shape index (κ1) is 15.9. The summed E-state index contributed by atoms with van der Waals surface area (Å²) in [6, 6.07) is -0.869. The molecule has 0 aromatic heterocycles. The van der Waals surface area contributed by atoms with Gasteiger partial charge in [-0.05, 0) is 6.42 Å². The number of carbonyl (C=O) groups is 1. The predicted molar refractivity (Wildman–Crippen MR) is 44.1 cm³/mol. The first-order valence-electron chi connectivity index (χ1n) is 4.46. The van der Waals surface area contributed by atoms with E-state index in [1.54, 1.807) is 0 Å². The summed E-state index contributed by atoms with van der Waals surface area (Å²) in [7, 11) is 0. The molecule has 82 valence electrons. The zero-order valence-electron chi connectivity index (χ0n) is 8.67. The number of hydrogen-bond donors (Lipinski definition) is 3. The summed E-state index contributed by atoms with van der Waals surface area (Å²) in [5.74, 6) is -1.26. The molecule has 0 amide bonds. The zero-order valence-corrected chi connectivity index (χ0v) is 11.8. The first-order valence-corrected chi connectivity index (χ1v) is 4.46. The van der Waals surface area contributed by atoms with Crippen molar-refractivity contribution in [1.29, 1.82) is 0 Å². The maximum Gasteiger partial charge on any atom is 1.00 e. The maximum atomic E-state index is 10.6. The van der Waals surface area contributed by atoms with Crippen LogP contribution >= 0.6 is 0 Å². The Morgan fingerprint density at radius 3 is 2.67 bits per heavy atom. The monoisotopic (exact) mass is 243 g/mol. The molecule has 3 N–H and O–H groups in total. The number of carboxylic acids is 1. The Balaban J connectivity index is 0.00000196. The molecule has 0 bridgehead atoms. The van der Waals surface area contributed by atoms with Gasteiger partial charge in [-0.15, -0.1) is 0 Å². The molecule has 0 aromatic rings. The number of carboxylic acid groups (broad SMARTS) is 1. The van der Waals surface area contributed by atoms with E-state index in [1.165, 1.54) is 4.90 Å². The van der Waals surface area contributed by atoms with Gasteiger partial charge in [-0.3, -0.25) is 4.90 Å². The molecular weight excluding hydrogens is 229 g/mol. The van der Waals surface area contributed by atoms with E-state index in [4.69, 9.17) is 10.2 Å². The SMILES string of the molecule is O=C([O-])[C@@H]1C[C@@H](O)CN1CC(O)CO.[K+]. The molecular formula is C8H14KNO5. The third-order valence-electron chi connectivity index (χ3n) is 2.31. The van der Waals surface area contributed by atoms with Gasteiger partial charge in [0.25, 0.3) is 0 Å². The molecule has 1 unspecified atom stereocenters. The number of nitrogens with zero attached hydrogens (tertiary/aromatic N) is 1. The molecule has 1 aliphatic rings. The molecule has 1 aliphatic heterocycles. The molecule has 1 fully saturated rings. The van der Waals surface area contributed by atoms with Crippen molar-refractivity contribution >= 4 is 5.97 Å². The van der Waals surface area contributed by atoms with Crippen molar-refractivity contribution in [3.63, 3.8) is 0 Å². The number of aliphatic hydroxyl groups excluding tert-OH is 3. The Labute approximate surface area is 130 Å². The largest absolute Gasteiger partial charge is 1.00 e. The van der Waals surface area contributed by atoms with E-state index in [0.29, 0.717) is 0 Å². The van der Waals surface area contributed by atoms with E-state index in [1.807, 2.05) is 0 Å². The summed E-state index contributed by atoms with van der Waals surface area (Å²) >= 11 is 0. The smallest absolute Gasteiger partial charge is 0.548 e. The van der Waals surface area contributed by atoms with Gasteiger partial charge >= 0.3 is 51.4 Å². The number of aliphatic hydroxyl groups is 3. The number of likely N-dealkylation sites (tertiary alicyclic amines) is 1. The van der Waals surface area contributed by atoms with Crippen molar-refractivity contribution in [2.75, 3.05) is 19.7 Å². The molecule has 0 aromatic carbocycles. The van der Waals surface area contributed by atoms with Crippen LogP contribution < -0.4 is 56.5 Å². The van der Waals surface area contributed by atoms with Crippen LogP contribution in [0.5, 0.6) is 0 Å². The second-order valence-corrected chi connectivity index (χ2v) is 3.51. The molecule has 1 heterocycles. The summed E-state index contributed by atoms with van der Waals surface area (Å²) in [4.78, 5) is 12.0. The minimum atomic E-state index is -1.26. The average molecular weight is 243 g/mol. The fraction of sp³-hybridized carbons (Fsp3) is 0.875. The van der Waals surface area contributed by atoms with Crippen LogP contribution in [0.1, 0.15) is 6.42 Å². The zero-order chi connectivity index (χ0) is 10.7. The second kappa shape index (κ2) is 7.31. The van der Waals surface area contributed by atoms with E-state index >= 15 is 0 Å². The number of rotatable bonds is 4. The summed E-state index contributed by atoms with van der Waals surface area (Å²) in [6.45, 7) is -0.200. The van der Waals surface area contributed by atoms with Crippen LogP contribution in [-0.2, 0) is 4.79 Å². The van der Waals surface area contributed by atoms with E-state index in [9.17, 15) is 15.0 Å². The van der Waals surface area contributed by atoms with Gasteiger partial charge in [0.05, 0.1) is 30.8 Å². The van der Waals surface area contributed by atoms with Crippen molar-refractivity contribution in [3.8, 4) is 0 Å². The van der Waals surface area contributed by atoms with E-state index < -0.39 is 30.8 Å². The van der Waals surface area contributed by atoms with Crippen molar-refractivity contribution in [3.05, 3.63) is 0 Å². The third-order valence-corrected chi connectivity index (χ3v) is 2.31. The Morgan fingerprint density at radius 1 is 1.60 bits per heavy atom. The fourth-order valence-electron chi connectivity index (χ4n) is 1.65. The average Bonchev–Trinajstić information content (AvgIpc) is 2.46. The molecule has 0 spiro atoms. The summed E-state index contributed by atoms with van der Waals surface area (Å²) in [5, 5.41) is 37.5. The molecule has 15 heavy (non-hydrogen) atoms. The standard InChI is InChI=1S/C8H15NO5.K/c10-4-6(12)3-9-2-5(11)1-7(9)8(13)14;/h5-7,10-12H,1-4H2,(H,13,14);/q;+1/p-1/t5-,6?,7+;/m1./s1. The van der Waals surface area contributed by atoms with Gasteiger partial charge in [0.2, 0.25) is 0 Å². The Bertz CT molecular complexity index is 215. The summed E-state index contributed by atoms with van der Waals surface area (Å²) in [6.07, 6.45) is -1.58. The molecule has 7 heteroatoms. The van der Waals surface area contributed by atoms with Crippen molar-refractivity contribution in [2.24, 2.45) is 0 Å². The van der Waals surface area contributed by atoms with Crippen molar-refractivity contribution < 1.29 is 76.6 Å². The van der Waals surface area contributed by atoms with Crippen LogP contribution in [0.4, 0.5) is 0 Å². The van der Waals surface area contributed by atoms with Gasteiger partial charge < -0.3 is 25.2 Å². The van der Waals surface area contributed by atoms with Crippen LogP contribution in [-0.4, -0.2) is 64.1 Å². The Kier molecular flexibility index (Phi) is 7.77. The molecule has 0 aliphatic carbocycles. The van der Waals surface area contributed by atoms with Gasteiger partial charge in [-0.1, -0.05) is 0 Å². The molecule has 1 rings (SSSR count). The van der Waals surface area contributed by atoms with Crippen molar-refractivity contribution in [1.82, 2.24) is 4.90 Å². The van der Waals surface area contributed by atoms with Gasteiger partial charge in [-0.2, -0.15) is 0 Å². The van der Waals surface area contributed by atoms with Crippen LogP contribution in [0.3, 0.4) is 0 Å². The minimum Gasteiger partial charge on any atom is -0.548 e. The summed E-state index contributed by atoms with van der Waals surface area (Å²) < 4.78 is 0. The minimum absolute atomic E-state index is 0. The number of carbonyl (C=O) groups excluding carboxylic acids is 1. The third kappa shape index (κ3) is 4.76. The van der Waals surface area contributed by atoms with Crippen molar-refractivity contribution in [2.45, 2.75) is 24.7 Å². The molecule has 6 nitrogen and oxygen atoms in total. The molecule has 3 atom stereocenters. The normalized spacial score (nSPS) is 28.5. The Morgan fingerprint density at radius 2 is 2.20 bits per heavy atom. The van der Waals surface area contributed by atoms with Crippen LogP contribution in [0.2, 0.25) is 0 Å². The first-order chi connectivity index (χ1) is 6.54. The second-order valence-electron chi connectivity index (χ2n) is 3.51. The fourth-order valence-corrected chi connectivity index (χ4v) is 1.65. The van der Waals surface area contributed by atoms with E-state index in [-0.39, 0.29) is 70.9 Å². The van der Waals surface area contributed by atoms with Crippen LogP contribution in [0.25, 0.3) is 0 Å². The molecule has 0 saturated carbocycles.